The molecule has 0 fully saturated rings. The van der Waals surface area contributed by atoms with Crippen LogP contribution in [-0.4, -0.2) is 15.9 Å². The third-order valence-electron chi connectivity index (χ3n) is 3.36. The average Bonchev–Trinajstić information content (AvgIpc) is 2.66. The van der Waals surface area contributed by atoms with E-state index in [-0.39, 0.29) is 11.5 Å². The van der Waals surface area contributed by atoms with Gasteiger partial charge in [-0.1, -0.05) is 30.3 Å². The molecule has 0 atom stereocenters. The summed E-state index contributed by atoms with van der Waals surface area (Å²) in [6, 6.07) is 10.9. The van der Waals surface area contributed by atoms with Crippen LogP contribution in [0.5, 0.6) is 0 Å². The summed E-state index contributed by atoms with van der Waals surface area (Å²) in [6.07, 6.45) is 0. The van der Waals surface area contributed by atoms with E-state index in [1.54, 1.807) is 18.2 Å². The monoisotopic (exact) mass is 251 g/mol. The molecule has 1 aliphatic rings. The maximum Gasteiger partial charge on any atom is 0.199 e. The Kier molecular flexibility index (Phi) is 2.49. The van der Waals surface area contributed by atoms with Gasteiger partial charge in [-0.15, -0.1) is 0 Å². The molecule has 1 heterocycles. The molecule has 2 aromatic rings. The van der Waals surface area contributed by atoms with Gasteiger partial charge in [-0.05, 0) is 25.5 Å². The highest BCUT2D eigenvalue weighted by Crippen LogP contribution is 2.36. The lowest BCUT2D eigenvalue weighted by Gasteiger charge is -2.06. The van der Waals surface area contributed by atoms with Crippen molar-refractivity contribution in [3.63, 3.8) is 0 Å². The number of fused-ring (bicyclic) bond motifs is 1. The summed E-state index contributed by atoms with van der Waals surface area (Å²) in [5.41, 5.74) is 3.71. The van der Waals surface area contributed by atoms with Gasteiger partial charge in [0.25, 0.3) is 0 Å². The van der Waals surface area contributed by atoms with Crippen molar-refractivity contribution in [2.75, 3.05) is 0 Å². The van der Waals surface area contributed by atoms with Gasteiger partial charge < -0.3 is 5.11 Å². The quantitative estimate of drug-likeness (QED) is 0.845. The third-order valence-corrected chi connectivity index (χ3v) is 3.36. The van der Waals surface area contributed by atoms with E-state index in [1.165, 1.54) is 0 Å². The van der Waals surface area contributed by atoms with Gasteiger partial charge in [0.15, 0.2) is 5.78 Å². The SMILES string of the molecule is Cc1ccc(C)c(C2=C(O)c3ccccc3C2=O)n1. The standard InChI is InChI=1S/C16H13NO2/c1-9-7-8-10(2)17-14(9)13-15(18)11-5-3-4-6-12(11)16(13)19/h3-8,18H,1-2H3. The van der Waals surface area contributed by atoms with Gasteiger partial charge in [0, 0.05) is 16.8 Å². The second kappa shape index (κ2) is 4.05. The van der Waals surface area contributed by atoms with Crippen LogP contribution in [0.1, 0.15) is 32.9 Å². The van der Waals surface area contributed by atoms with Crippen LogP contribution in [0.15, 0.2) is 36.4 Å². The minimum absolute atomic E-state index is 0.0294. The van der Waals surface area contributed by atoms with Gasteiger partial charge in [0.05, 0.1) is 11.3 Å². The zero-order valence-corrected chi connectivity index (χ0v) is 10.8. The predicted octanol–water partition coefficient (Wildman–Crippen LogP) is 3.32. The number of allylic oxidation sites excluding steroid dienone is 1. The summed E-state index contributed by atoms with van der Waals surface area (Å²) >= 11 is 0. The Bertz CT molecular complexity index is 729. The predicted molar refractivity (Wildman–Crippen MR) is 73.9 cm³/mol. The lowest BCUT2D eigenvalue weighted by Crippen LogP contribution is -2.03. The molecule has 19 heavy (non-hydrogen) atoms. The Morgan fingerprint density at radius 2 is 1.68 bits per heavy atom. The number of carbonyl (C=O) groups excluding carboxylic acids is 1. The van der Waals surface area contributed by atoms with Crippen molar-refractivity contribution in [2.24, 2.45) is 0 Å². The fraction of sp³-hybridized carbons (Fsp3) is 0.125. The molecule has 3 rings (SSSR count). The van der Waals surface area contributed by atoms with Gasteiger partial charge in [0.2, 0.25) is 0 Å². The number of Topliss-reactive ketones (excluding diaryl/α,β-unsaturated/α-hetero) is 1. The van der Waals surface area contributed by atoms with Gasteiger partial charge in [-0.2, -0.15) is 0 Å². The molecule has 1 aromatic carbocycles. The summed E-state index contributed by atoms with van der Waals surface area (Å²) in [5.74, 6) is -0.129. The molecule has 0 saturated heterocycles. The van der Waals surface area contributed by atoms with Gasteiger partial charge in [-0.25, -0.2) is 0 Å². The van der Waals surface area contributed by atoms with E-state index in [0.29, 0.717) is 22.4 Å². The number of carbonyl (C=O) groups is 1. The molecule has 3 nitrogen and oxygen atoms in total. The number of benzene rings is 1. The first kappa shape index (κ1) is 11.7. The second-order valence-electron chi connectivity index (χ2n) is 4.72. The molecule has 0 amide bonds. The van der Waals surface area contributed by atoms with Crippen molar-refractivity contribution >= 4 is 17.1 Å². The van der Waals surface area contributed by atoms with Crippen LogP contribution in [0.2, 0.25) is 0 Å². The normalized spacial score (nSPS) is 13.9. The molecule has 0 bridgehead atoms. The van der Waals surface area contributed by atoms with Crippen molar-refractivity contribution in [3.8, 4) is 0 Å². The summed E-state index contributed by atoms with van der Waals surface area (Å²) in [4.78, 5) is 16.8. The highest BCUT2D eigenvalue weighted by molar-refractivity contribution is 6.38. The maximum absolute atomic E-state index is 12.4. The van der Waals surface area contributed by atoms with E-state index >= 15 is 0 Å². The number of rotatable bonds is 1. The van der Waals surface area contributed by atoms with E-state index in [0.717, 1.165) is 11.3 Å². The lowest BCUT2D eigenvalue weighted by atomic mass is 10.0. The Labute approximate surface area is 111 Å². The number of aliphatic hydroxyl groups is 1. The second-order valence-corrected chi connectivity index (χ2v) is 4.72. The van der Waals surface area contributed by atoms with E-state index in [2.05, 4.69) is 4.98 Å². The number of nitrogens with zero attached hydrogens (tertiary/aromatic N) is 1. The Balaban J connectivity index is 2.25. The minimum Gasteiger partial charge on any atom is -0.506 e. The van der Waals surface area contributed by atoms with Crippen molar-refractivity contribution in [2.45, 2.75) is 13.8 Å². The molecule has 1 N–H and O–H groups in total. The highest BCUT2D eigenvalue weighted by Gasteiger charge is 2.31. The molecule has 1 aliphatic carbocycles. The lowest BCUT2D eigenvalue weighted by molar-refractivity contribution is 0.105. The van der Waals surface area contributed by atoms with Crippen LogP contribution in [0.25, 0.3) is 11.3 Å². The molecule has 3 heteroatoms. The molecule has 0 aliphatic heterocycles. The number of aryl methyl sites for hydroxylation is 2. The molecule has 94 valence electrons. The van der Waals surface area contributed by atoms with Crippen molar-refractivity contribution < 1.29 is 9.90 Å². The van der Waals surface area contributed by atoms with Crippen LogP contribution in [0, 0.1) is 13.8 Å². The highest BCUT2D eigenvalue weighted by atomic mass is 16.3. The molecular formula is C16H13NO2. The van der Waals surface area contributed by atoms with E-state index < -0.39 is 0 Å². The van der Waals surface area contributed by atoms with Crippen LogP contribution in [-0.2, 0) is 0 Å². The van der Waals surface area contributed by atoms with Crippen LogP contribution >= 0.6 is 0 Å². The number of aromatic nitrogens is 1. The largest absolute Gasteiger partial charge is 0.506 e. The topological polar surface area (TPSA) is 50.2 Å². The number of pyridine rings is 1. The fourth-order valence-corrected chi connectivity index (χ4v) is 2.36. The molecule has 1 aromatic heterocycles. The number of aliphatic hydroxyl groups excluding tert-OH is 1. The first-order chi connectivity index (χ1) is 9.09. The maximum atomic E-state index is 12.4. The van der Waals surface area contributed by atoms with Crippen LogP contribution in [0.4, 0.5) is 0 Å². The van der Waals surface area contributed by atoms with Crippen molar-refractivity contribution in [1.82, 2.24) is 4.98 Å². The number of hydrogen-bond acceptors (Lipinski definition) is 3. The minimum atomic E-state index is -0.158. The smallest absolute Gasteiger partial charge is 0.199 e. The van der Waals surface area contributed by atoms with Crippen LogP contribution < -0.4 is 0 Å². The summed E-state index contributed by atoms with van der Waals surface area (Å²) in [5, 5.41) is 10.3. The molecule has 0 saturated carbocycles. The van der Waals surface area contributed by atoms with Gasteiger partial charge in [-0.3, -0.25) is 9.78 Å². The zero-order chi connectivity index (χ0) is 13.6. The average molecular weight is 251 g/mol. The molecular weight excluding hydrogens is 238 g/mol. The van der Waals surface area contributed by atoms with E-state index in [1.807, 2.05) is 32.0 Å². The summed E-state index contributed by atoms with van der Waals surface area (Å²) in [6.45, 7) is 3.76. The molecule has 0 unspecified atom stereocenters. The summed E-state index contributed by atoms with van der Waals surface area (Å²) < 4.78 is 0. The molecule has 0 radical (unpaired) electrons. The van der Waals surface area contributed by atoms with Crippen molar-refractivity contribution in [1.29, 1.82) is 0 Å². The van der Waals surface area contributed by atoms with Crippen LogP contribution in [0.3, 0.4) is 0 Å². The Hall–Kier alpha value is -2.42. The summed E-state index contributed by atoms with van der Waals surface area (Å²) in [7, 11) is 0. The Morgan fingerprint density at radius 3 is 2.37 bits per heavy atom. The zero-order valence-electron chi connectivity index (χ0n) is 10.8. The first-order valence-corrected chi connectivity index (χ1v) is 6.11. The third kappa shape index (κ3) is 1.66. The Morgan fingerprint density at radius 1 is 1.00 bits per heavy atom. The first-order valence-electron chi connectivity index (χ1n) is 6.11. The fourth-order valence-electron chi connectivity index (χ4n) is 2.36. The van der Waals surface area contributed by atoms with Gasteiger partial charge in [0.1, 0.15) is 5.76 Å². The van der Waals surface area contributed by atoms with E-state index in [9.17, 15) is 9.90 Å². The number of ketones is 1. The molecule has 0 spiro atoms. The van der Waals surface area contributed by atoms with Gasteiger partial charge >= 0.3 is 0 Å². The van der Waals surface area contributed by atoms with Crippen molar-refractivity contribution in [3.05, 3.63) is 64.5 Å². The number of hydrogen-bond donors (Lipinski definition) is 1. The van der Waals surface area contributed by atoms with E-state index in [4.69, 9.17) is 0 Å².